The summed E-state index contributed by atoms with van der Waals surface area (Å²) >= 11 is 1.85. The molecule has 10 aromatic rings. The van der Waals surface area contributed by atoms with Crippen LogP contribution in [-0.2, 0) is 0 Å². The van der Waals surface area contributed by atoms with Gasteiger partial charge < -0.3 is 9.32 Å². The van der Waals surface area contributed by atoms with Crippen molar-refractivity contribution in [3.05, 3.63) is 188 Å². The summed E-state index contributed by atoms with van der Waals surface area (Å²) in [6, 6.07) is 67.3. The lowest BCUT2D eigenvalue weighted by atomic mass is 9.95. The summed E-state index contributed by atoms with van der Waals surface area (Å²) in [5.41, 5.74) is 12.1. The van der Waals surface area contributed by atoms with Crippen LogP contribution in [0.1, 0.15) is 0 Å². The van der Waals surface area contributed by atoms with E-state index >= 15 is 0 Å². The topological polar surface area (TPSA) is 16.4 Å². The SMILES string of the molecule is c1ccc(-c2ccc(N(c3ccccc3)c3ccc(-c4cc(-c5ccc6sc7ccccc7c6c5)c5oc6ccccc6c5c4)cc3)cc2)cc1. The first-order valence-electron chi connectivity index (χ1n) is 17.2. The molecule has 0 bridgehead atoms. The van der Waals surface area contributed by atoms with Crippen molar-refractivity contribution in [1.82, 2.24) is 0 Å². The quantitative estimate of drug-likeness (QED) is 0.175. The smallest absolute Gasteiger partial charge is 0.143 e. The Morgan fingerprint density at radius 2 is 0.882 bits per heavy atom. The van der Waals surface area contributed by atoms with Gasteiger partial charge in [-0.05, 0) is 101 Å². The van der Waals surface area contributed by atoms with Gasteiger partial charge in [-0.1, -0.05) is 115 Å². The number of thiophene rings is 1. The summed E-state index contributed by atoms with van der Waals surface area (Å²) in [5.74, 6) is 0. The molecule has 0 aliphatic heterocycles. The van der Waals surface area contributed by atoms with Crippen LogP contribution in [0.5, 0.6) is 0 Å². The van der Waals surface area contributed by atoms with Gasteiger partial charge in [0.05, 0.1) is 0 Å². The second-order valence-corrected chi connectivity index (χ2v) is 14.0. The van der Waals surface area contributed by atoms with E-state index in [1.165, 1.54) is 31.3 Å². The average Bonchev–Trinajstić information content (AvgIpc) is 3.77. The van der Waals surface area contributed by atoms with Crippen molar-refractivity contribution in [3.63, 3.8) is 0 Å². The van der Waals surface area contributed by atoms with Crippen LogP contribution in [-0.4, -0.2) is 0 Å². The zero-order valence-electron chi connectivity index (χ0n) is 27.7. The third-order valence-corrected chi connectivity index (χ3v) is 11.0. The molecule has 2 nitrogen and oxygen atoms in total. The van der Waals surface area contributed by atoms with E-state index in [1.54, 1.807) is 0 Å². The minimum atomic E-state index is 0.903. The monoisotopic (exact) mass is 669 g/mol. The fourth-order valence-corrected chi connectivity index (χ4v) is 8.45. The van der Waals surface area contributed by atoms with Crippen molar-refractivity contribution >= 4 is 70.5 Å². The molecule has 2 heterocycles. The summed E-state index contributed by atoms with van der Waals surface area (Å²) in [7, 11) is 0. The Morgan fingerprint density at radius 3 is 1.63 bits per heavy atom. The van der Waals surface area contributed by atoms with Crippen LogP contribution in [0.25, 0.3) is 75.5 Å². The van der Waals surface area contributed by atoms with E-state index in [0.717, 1.165) is 61.3 Å². The van der Waals surface area contributed by atoms with Gasteiger partial charge in [0.25, 0.3) is 0 Å². The Morgan fingerprint density at radius 1 is 0.353 bits per heavy atom. The van der Waals surface area contributed by atoms with Crippen molar-refractivity contribution < 1.29 is 4.42 Å². The number of benzene rings is 8. The molecule has 0 spiro atoms. The Hall–Kier alpha value is -6.42. The molecule has 0 N–H and O–H groups in total. The first kappa shape index (κ1) is 29.5. The average molecular weight is 670 g/mol. The zero-order valence-corrected chi connectivity index (χ0v) is 28.5. The van der Waals surface area contributed by atoms with Crippen LogP contribution >= 0.6 is 11.3 Å². The van der Waals surface area contributed by atoms with E-state index in [4.69, 9.17) is 4.42 Å². The predicted molar refractivity (Wildman–Crippen MR) is 218 cm³/mol. The Bertz CT molecular complexity index is 2830. The van der Waals surface area contributed by atoms with E-state index < -0.39 is 0 Å². The molecule has 3 heteroatoms. The van der Waals surface area contributed by atoms with Crippen LogP contribution in [0.2, 0.25) is 0 Å². The maximum atomic E-state index is 6.59. The van der Waals surface area contributed by atoms with Gasteiger partial charge in [-0.2, -0.15) is 0 Å². The van der Waals surface area contributed by atoms with Gasteiger partial charge >= 0.3 is 0 Å². The van der Waals surface area contributed by atoms with Crippen molar-refractivity contribution in [3.8, 4) is 33.4 Å². The summed E-state index contributed by atoms with van der Waals surface area (Å²) in [6.45, 7) is 0. The molecule has 10 rings (SSSR count). The van der Waals surface area contributed by atoms with Gasteiger partial charge in [-0.25, -0.2) is 0 Å². The van der Waals surface area contributed by atoms with Crippen LogP contribution in [0.4, 0.5) is 17.1 Å². The van der Waals surface area contributed by atoms with Crippen LogP contribution < -0.4 is 4.90 Å². The normalized spacial score (nSPS) is 11.5. The molecule has 0 aliphatic carbocycles. The fourth-order valence-electron chi connectivity index (χ4n) is 7.36. The third-order valence-electron chi connectivity index (χ3n) is 9.87. The minimum absolute atomic E-state index is 0.903. The number of nitrogens with zero attached hydrogens (tertiary/aromatic N) is 1. The van der Waals surface area contributed by atoms with E-state index in [0.29, 0.717) is 0 Å². The maximum absolute atomic E-state index is 6.59. The molecule has 8 aromatic carbocycles. The highest BCUT2D eigenvalue weighted by Crippen LogP contribution is 2.43. The Kier molecular flexibility index (Phi) is 7.04. The number of hydrogen-bond acceptors (Lipinski definition) is 3. The zero-order chi connectivity index (χ0) is 33.7. The van der Waals surface area contributed by atoms with Gasteiger partial charge in [0.1, 0.15) is 11.2 Å². The lowest BCUT2D eigenvalue weighted by Gasteiger charge is -2.26. The van der Waals surface area contributed by atoms with Crippen molar-refractivity contribution in [2.75, 3.05) is 4.90 Å². The number of fused-ring (bicyclic) bond motifs is 6. The highest BCUT2D eigenvalue weighted by molar-refractivity contribution is 7.25. The summed E-state index contributed by atoms with van der Waals surface area (Å²) < 4.78 is 9.20. The van der Waals surface area contributed by atoms with Gasteiger partial charge in [-0.3, -0.25) is 0 Å². The molecule has 2 aromatic heterocycles. The number of para-hydroxylation sites is 2. The molecule has 0 amide bonds. The van der Waals surface area contributed by atoms with Crippen LogP contribution in [0.3, 0.4) is 0 Å². The van der Waals surface area contributed by atoms with Crippen molar-refractivity contribution in [2.24, 2.45) is 0 Å². The fraction of sp³-hybridized carbons (Fsp3) is 0. The molecule has 240 valence electrons. The first-order valence-corrected chi connectivity index (χ1v) is 18.1. The second kappa shape index (κ2) is 12.2. The van der Waals surface area contributed by atoms with Gasteiger partial charge in [0, 0.05) is 53.6 Å². The summed E-state index contributed by atoms with van der Waals surface area (Å²) in [4.78, 5) is 2.32. The van der Waals surface area contributed by atoms with Gasteiger partial charge in [-0.15, -0.1) is 11.3 Å². The first-order chi connectivity index (χ1) is 25.3. The van der Waals surface area contributed by atoms with Gasteiger partial charge in [0.2, 0.25) is 0 Å². The van der Waals surface area contributed by atoms with E-state index in [9.17, 15) is 0 Å². The predicted octanol–water partition coefficient (Wildman–Crippen LogP) is 14.4. The molecule has 0 saturated carbocycles. The molecule has 0 aliphatic rings. The molecule has 0 fully saturated rings. The Balaban J connectivity index is 1.09. The standard InChI is InChI=1S/C48H31NOS/c1-3-11-32(12-4-1)33-19-24-38(25-20-33)49(37-13-5-2-6-14-37)39-26-21-34(22-27-39)36-30-42(48-44(31-36)40-15-7-9-17-45(40)50-48)35-23-28-47-43(29-35)41-16-8-10-18-46(41)51-47/h1-31H. The minimum Gasteiger partial charge on any atom is -0.455 e. The maximum Gasteiger partial charge on any atom is 0.143 e. The lowest BCUT2D eigenvalue weighted by molar-refractivity contribution is 0.670. The number of furan rings is 1. The van der Waals surface area contributed by atoms with Gasteiger partial charge in [0.15, 0.2) is 0 Å². The molecule has 51 heavy (non-hydrogen) atoms. The van der Waals surface area contributed by atoms with E-state index in [1.807, 2.05) is 17.4 Å². The van der Waals surface area contributed by atoms with Crippen LogP contribution in [0.15, 0.2) is 192 Å². The van der Waals surface area contributed by atoms with Crippen LogP contribution in [0, 0.1) is 0 Å². The van der Waals surface area contributed by atoms with Crippen molar-refractivity contribution in [2.45, 2.75) is 0 Å². The molecule has 0 radical (unpaired) electrons. The summed E-state index contributed by atoms with van der Waals surface area (Å²) in [6.07, 6.45) is 0. The third kappa shape index (κ3) is 5.18. The molecular weight excluding hydrogens is 639 g/mol. The molecule has 0 unspecified atom stereocenters. The summed E-state index contributed by atoms with van der Waals surface area (Å²) in [5, 5.41) is 4.83. The number of anilines is 3. The number of hydrogen-bond donors (Lipinski definition) is 0. The second-order valence-electron chi connectivity index (χ2n) is 12.9. The van der Waals surface area contributed by atoms with E-state index in [-0.39, 0.29) is 0 Å². The molecular formula is C48H31NOS. The highest BCUT2D eigenvalue weighted by atomic mass is 32.1. The van der Waals surface area contributed by atoms with Crippen molar-refractivity contribution in [1.29, 1.82) is 0 Å². The van der Waals surface area contributed by atoms with E-state index in [2.05, 4.69) is 187 Å². The number of rotatable bonds is 6. The molecule has 0 saturated heterocycles. The largest absolute Gasteiger partial charge is 0.455 e. The Labute approximate surface area is 300 Å². The lowest BCUT2D eigenvalue weighted by Crippen LogP contribution is -2.09. The highest BCUT2D eigenvalue weighted by Gasteiger charge is 2.18. The molecule has 0 atom stereocenters.